The van der Waals surface area contributed by atoms with Crippen LogP contribution >= 0.6 is 0 Å². The van der Waals surface area contributed by atoms with E-state index in [4.69, 9.17) is 19.5 Å². The van der Waals surface area contributed by atoms with Gasteiger partial charge in [-0.3, -0.25) is 0 Å². The summed E-state index contributed by atoms with van der Waals surface area (Å²) < 4.78 is 16.9. The molecule has 24 heavy (non-hydrogen) atoms. The molecule has 0 saturated heterocycles. The van der Waals surface area contributed by atoms with Gasteiger partial charge in [0, 0.05) is 6.07 Å². The summed E-state index contributed by atoms with van der Waals surface area (Å²) in [6.45, 7) is 7.30. The minimum Gasteiger partial charge on any atom is -0.493 e. The van der Waals surface area contributed by atoms with Crippen molar-refractivity contribution in [2.45, 2.75) is 26.2 Å². The molecule has 2 rings (SSSR count). The standard InChI is InChI=1S/C20H23NO3/c1-20(2,3)16-7-5-6-8-17(16)23-11-12-24-18-10-9-15(14-21)13-19(18)22-4/h5-10,13H,11-12H2,1-4H3. The van der Waals surface area contributed by atoms with Crippen molar-refractivity contribution in [2.75, 3.05) is 20.3 Å². The molecule has 0 amide bonds. The van der Waals surface area contributed by atoms with Gasteiger partial charge in [0.05, 0.1) is 18.7 Å². The summed E-state index contributed by atoms with van der Waals surface area (Å²) >= 11 is 0. The van der Waals surface area contributed by atoms with E-state index in [-0.39, 0.29) is 5.41 Å². The fourth-order valence-corrected chi connectivity index (χ4v) is 2.37. The Bertz CT molecular complexity index is 726. The van der Waals surface area contributed by atoms with Crippen LogP contribution in [0.2, 0.25) is 0 Å². The van der Waals surface area contributed by atoms with Gasteiger partial charge in [-0.05, 0) is 29.2 Å². The predicted octanol–water partition coefficient (Wildman–Crippen LogP) is 4.32. The molecule has 0 aliphatic heterocycles. The maximum absolute atomic E-state index is 8.91. The SMILES string of the molecule is COc1cc(C#N)ccc1OCCOc1ccccc1C(C)(C)C. The third-order valence-corrected chi connectivity index (χ3v) is 3.59. The number of rotatable bonds is 6. The summed E-state index contributed by atoms with van der Waals surface area (Å²) in [5.41, 5.74) is 1.73. The number of benzene rings is 2. The number of methoxy groups -OCH3 is 1. The van der Waals surface area contributed by atoms with E-state index in [1.165, 1.54) is 5.56 Å². The second-order valence-electron chi connectivity index (χ2n) is 6.42. The number of para-hydroxylation sites is 1. The van der Waals surface area contributed by atoms with Gasteiger partial charge in [-0.15, -0.1) is 0 Å². The van der Waals surface area contributed by atoms with E-state index in [2.05, 4.69) is 32.9 Å². The highest BCUT2D eigenvalue weighted by Crippen LogP contribution is 2.31. The van der Waals surface area contributed by atoms with Gasteiger partial charge in [0.1, 0.15) is 19.0 Å². The summed E-state index contributed by atoms with van der Waals surface area (Å²) in [6, 6.07) is 15.2. The molecule has 4 nitrogen and oxygen atoms in total. The van der Waals surface area contributed by atoms with Gasteiger partial charge in [-0.25, -0.2) is 0 Å². The van der Waals surface area contributed by atoms with Crippen molar-refractivity contribution in [3.8, 4) is 23.3 Å². The summed E-state index contributed by atoms with van der Waals surface area (Å²) in [7, 11) is 1.55. The van der Waals surface area contributed by atoms with Crippen LogP contribution in [0.4, 0.5) is 0 Å². The van der Waals surface area contributed by atoms with E-state index in [1.54, 1.807) is 25.3 Å². The Morgan fingerprint density at radius 2 is 1.58 bits per heavy atom. The highest BCUT2D eigenvalue weighted by molar-refractivity contribution is 5.46. The second kappa shape index (κ2) is 7.74. The highest BCUT2D eigenvalue weighted by atomic mass is 16.5. The molecule has 0 aromatic heterocycles. The molecule has 4 heteroatoms. The summed E-state index contributed by atoms with van der Waals surface area (Å²) in [5, 5.41) is 8.91. The maximum atomic E-state index is 8.91. The minimum atomic E-state index is 0.0216. The first-order chi connectivity index (χ1) is 11.5. The van der Waals surface area contributed by atoms with Crippen LogP contribution in [0.3, 0.4) is 0 Å². The van der Waals surface area contributed by atoms with Crippen LogP contribution in [0.25, 0.3) is 0 Å². The van der Waals surface area contributed by atoms with Crippen molar-refractivity contribution < 1.29 is 14.2 Å². The molecule has 0 radical (unpaired) electrons. The zero-order valence-corrected chi connectivity index (χ0v) is 14.6. The van der Waals surface area contributed by atoms with Crippen molar-refractivity contribution in [1.29, 1.82) is 5.26 Å². The number of ether oxygens (including phenoxy) is 3. The topological polar surface area (TPSA) is 51.5 Å². The average Bonchev–Trinajstić information content (AvgIpc) is 2.58. The van der Waals surface area contributed by atoms with Crippen LogP contribution in [0.15, 0.2) is 42.5 Å². The fraction of sp³-hybridized carbons (Fsp3) is 0.350. The molecule has 0 heterocycles. The van der Waals surface area contributed by atoms with Crippen LogP contribution in [-0.4, -0.2) is 20.3 Å². The number of nitriles is 1. The zero-order valence-electron chi connectivity index (χ0n) is 14.6. The van der Waals surface area contributed by atoms with E-state index in [1.807, 2.05) is 18.2 Å². The van der Waals surface area contributed by atoms with Gasteiger partial charge in [0.15, 0.2) is 11.5 Å². The number of nitrogens with zero attached hydrogens (tertiary/aromatic N) is 1. The van der Waals surface area contributed by atoms with E-state index < -0.39 is 0 Å². The van der Waals surface area contributed by atoms with E-state index in [0.717, 1.165) is 5.75 Å². The van der Waals surface area contributed by atoms with Crippen molar-refractivity contribution in [3.05, 3.63) is 53.6 Å². The van der Waals surface area contributed by atoms with Crippen LogP contribution in [0.1, 0.15) is 31.9 Å². The monoisotopic (exact) mass is 325 g/mol. The molecule has 0 N–H and O–H groups in total. The average molecular weight is 325 g/mol. The summed E-state index contributed by atoms with van der Waals surface area (Å²) in [4.78, 5) is 0. The lowest BCUT2D eigenvalue weighted by atomic mass is 9.86. The first-order valence-corrected chi connectivity index (χ1v) is 7.89. The quantitative estimate of drug-likeness (QED) is 0.742. The third kappa shape index (κ3) is 4.42. The van der Waals surface area contributed by atoms with Crippen LogP contribution < -0.4 is 14.2 Å². The smallest absolute Gasteiger partial charge is 0.162 e. The first-order valence-electron chi connectivity index (χ1n) is 7.89. The lowest BCUT2D eigenvalue weighted by molar-refractivity contribution is 0.208. The Morgan fingerprint density at radius 1 is 0.917 bits per heavy atom. The van der Waals surface area contributed by atoms with E-state index >= 15 is 0 Å². The lowest BCUT2D eigenvalue weighted by Crippen LogP contribution is -2.15. The van der Waals surface area contributed by atoms with Crippen molar-refractivity contribution in [1.82, 2.24) is 0 Å². The molecular weight excluding hydrogens is 302 g/mol. The van der Waals surface area contributed by atoms with Gasteiger partial charge >= 0.3 is 0 Å². The number of hydrogen-bond acceptors (Lipinski definition) is 4. The minimum absolute atomic E-state index is 0.0216. The molecule has 0 aliphatic carbocycles. The molecule has 0 atom stereocenters. The Balaban J connectivity index is 1.96. The molecular formula is C20H23NO3. The first kappa shape index (κ1) is 17.7. The molecule has 2 aromatic rings. The fourth-order valence-electron chi connectivity index (χ4n) is 2.37. The summed E-state index contributed by atoms with van der Waals surface area (Å²) in [6.07, 6.45) is 0. The van der Waals surface area contributed by atoms with Gasteiger partial charge in [-0.2, -0.15) is 5.26 Å². The van der Waals surface area contributed by atoms with Crippen LogP contribution in [-0.2, 0) is 5.41 Å². The lowest BCUT2D eigenvalue weighted by Gasteiger charge is -2.22. The molecule has 0 aliphatic rings. The predicted molar refractivity (Wildman–Crippen MR) is 93.8 cm³/mol. The maximum Gasteiger partial charge on any atom is 0.162 e. The van der Waals surface area contributed by atoms with Gasteiger partial charge < -0.3 is 14.2 Å². The van der Waals surface area contributed by atoms with Gasteiger partial charge in [0.25, 0.3) is 0 Å². The Morgan fingerprint density at radius 3 is 2.21 bits per heavy atom. The van der Waals surface area contributed by atoms with Gasteiger partial charge in [-0.1, -0.05) is 39.0 Å². The van der Waals surface area contributed by atoms with Crippen molar-refractivity contribution >= 4 is 0 Å². The van der Waals surface area contributed by atoms with E-state index in [0.29, 0.717) is 30.3 Å². The normalized spacial score (nSPS) is 10.8. The van der Waals surface area contributed by atoms with Crippen LogP contribution in [0, 0.1) is 11.3 Å². The largest absolute Gasteiger partial charge is 0.493 e. The number of hydrogen-bond donors (Lipinski definition) is 0. The molecule has 2 aromatic carbocycles. The molecule has 0 bridgehead atoms. The van der Waals surface area contributed by atoms with Gasteiger partial charge in [0.2, 0.25) is 0 Å². The molecule has 0 spiro atoms. The van der Waals surface area contributed by atoms with E-state index in [9.17, 15) is 0 Å². The summed E-state index contributed by atoms with van der Waals surface area (Å²) in [5.74, 6) is 2.02. The highest BCUT2D eigenvalue weighted by Gasteiger charge is 2.18. The van der Waals surface area contributed by atoms with Crippen molar-refractivity contribution in [2.24, 2.45) is 0 Å². The zero-order chi connectivity index (χ0) is 17.6. The molecule has 0 saturated carbocycles. The second-order valence-corrected chi connectivity index (χ2v) is 6.42. The van der Waals surface area contributed by atoms with Crippen molar-refractivity contribution in [3.63, 3.8) is 0 Å². The van der Waals surface area contributed by atoms with Crippen LogP contribution in [0.5, 0.6) is 17.2 Å². The molecule has 0 fully saturated rings. The molecule has 126 valence electrons. The Kier molecular flexibility index (Phi) is 5.70. The Labute approximate surface area is 143 Å². The third-order valence-electron chi connectivity index (χ3n) is 3.59. The molecule has 0 unspecified atom stereocenters. The Hall–Kier alpha value is -2.67.